The maximum absolute atomic E-state index is 12.4. The molecule has 1 aromatic carbocycles. The number of hydrogen-bond acceptors (Lipinski definition) is 4. The lowest BCUT2D eigenvalue weighted by Gasteiger charge is -2.30. The maximum atomic E-state index is 12.4. The first-order chi connectivity index (χ1) is 10.4. The van der Waals surface area contributed by atoms with Crippen LogP contribution in [0.3, 0.4) is 0 Å². The number of carbonyl (C=O) groups excluding carboxylic acids is 1. The number of hydrogen-bond donors (Lipinski definition) is 1. The molecule has 22 heavy (non-hydrogen) atoms. The third-order valence-electron chi connectivity index (χ3n) is 3.94. The van der Waals surface area contributed by atoms with Crippen LogP contribution in [0.1, 0.15) is 12.8 Å². The molecule has 1 N–H and O–H groups in total. The summed E-state index contributed by atoms with van der Waals surface area (Å²) in [6.07, 6.45) is 2.63. The number of thiophene rings is 1. The molecule has 5 nitrogen and oxygen atoms in total. The first kappa shape index (κ1) is 15.5. The molecular formula is C15H18N2O3S2. The first-order valence-electron chi connectivity index (χ1n) is 7.17. The van der Waals surface area contributed by atoms with Crippen molar-refractivity contribution in [2.75, 3.05) is 24.7 Å². The zero-order valence-electron chi connectivity index (χ0n) is 12.3. The van der Waals surface area contributed by atoms with Crippen LogP contribution in [0.15, 0.2) is 29.6 Å². The van der Waals surface area contributed by atoms with Crippen molar-refractivity contribution in [1.82, 2.24) is 4.31 Å². The molecule has 7 heteroatoms. The topological polar surface area (TPSA) is 66.5 Å². The standard InChI is InChI=1S/C15H18N2O3S2/c1-22(19,20)17-7-2-3-12(10-17)15(18)16-13-4-5-14-11(9-13)6-8-21-14/h4-6,8-9,12H,2-3,7,10H2,1H3,(H,16,18). The van der Waals surface area contributed by atoms with Gasteiger partial charge < -0.3 is 5.32 Å². The van der Waals surface area contributed by atoms with Gasteiger partial charge in [-0.1, -0.05) is 0 Å². The normalized spacial score (nSPS) is 20.1. The Labute approximate surface area is 134 Å². The molecule has 2 heterocycles. The number of rotatable bonds is 3. The van der Waals surface area contributed by atoms with Gasteiger partial charge in [-0.25, -0.2) is 12.7 Å². The molecule has 3 rings (SSSR count). The molecular weight excluding hydrogens is 320 g/mol. The van der Waals surface area contributed by atoms with Gasteiger partial charge in [0.05, 0.1) is 12.2 Å². The van der Waals surface area contributed by atoms with Gasteiger partial charge in [-0.2, -0.15) is 0 Å². The van der Waals surface area contributed by atoms with Crippen LogP contribution in [0.4, 0.5) is 5.69 Å². The highest BCUT2D eigenvalue weighted by molar-refractivity contribution is 7.88. The van der Waals surface area contributed by atoms with E-state index < -0.39 is 10.0 Å². The second kappa shape index (κ2) is 5.98. The van der Waals surface area contributed by atoms with Gasteiger partial charge in [-0.05, 0) is 47.9 Å². The average Bonchev–Trinajstić information content (AvgIpc) is 2.94. The summed E-state index contributed by atoms with van der Waals surface area (Å²) >= 11 is 1.66. The summed E-state index contributed by atoms with van der Waals surface area (Å²) in [5, 5.41) is 6.03. The van der Waals surface area contributed by atoms with Gasteiger partial charge in [-0.3, -0.25) is 4.79 Å². The van der Waals surface area contributed by atoms with Crippen molar-refractivity contribution in [3.63, 3.8) is 0 Å². The Morgan fingerprint density at radius 2 is 2.18 bits per heavy atom. The Balaban J connectivity index is 1.70. The Kier molecular flexibility index (Phi) is 4.20. The van der Waals surface area contributed by atoms with Crippen LogP contribution in [0.2, 0.25) is 0 Å². The Hall–Kier alpha value is -1.44. The molecule has 0 radical (unpaired) electrons. The molecule has 1 saturated heterocycles. The highest BCUT2D eigenvalue weighted by Crippen LogP contribution is 2.25. The van der Waals surface area contributed by atoms with Crippen molar-refractivity contribution < 1.29 is 13.2 Å². The Bertz CT molecular complexity index is 798. The number of amides is 1. The van der Waals surface area contributed by atoms with Crippen LogP contribution >= 0.6 is 11.3 Å². The number of benzene rings is 1. The zero-order chi connectivity index (χ0) is 15.7. The highest BCUT2D eigenvalue weighted by atomic mass is 32.2. The number of anilines is 1. The van der Waals surface area contributed by atoms with Crippen molar-refractivity contribution in [2.24, 2.45) is 5.92 Å². The molecule has 1 aliphatic heterocycles. The number of nitrogens with one attached hydrogen (secondary N) is 1. The highest BCUT2D eigenvalue weighted by Gasteiger charge is 2.30. The van der Waals surface area contributed by atoms with E-state index in [0.717, 1.165) is 17.5 Å². The number of nitrogens with zero attached hydrogens (tertiary/aromatic N) is 1. The minimum Gasteiger partial charge on any atom is -0.326 e. The fourth-order valence-electron chi connectivity index (χ4n) is 2.75. The minimum absolute atomic E-state index is 0.108. The molecule has 1 fully saturated rings. The molecule has 1 atom stereocenters. The monoisotopic (exact) mass is 338 g/mol. The van der Waals surface area contributed by atoms with Crippen LogP contribution in [0.5, 0.6) is 0 Å². The van der Waals surface area contributed by atoms with E-state index in [-0.39, 0.29) is 18.4 Å². The molecule has 2 aromatic rings. The molecule has 0 bridgehead atoms. The summed E-state index contributed by atoms with van der Waals surface area (Å²) in [4.78, 5) is 12.4. The number of sulfonamides is 1. The lowest BCUT2D eigenvalue weighted by atomic mass is 9.98. The second-order valence-corrected chi connectivity index (χ2v) is 8.55. The van der Waals surface area contributed by atoms with Gasteiger partial charge >= 0.3 is 0 Å². The van der Waals surface area contributed by atoms with Crippen LogP contribution < -0.4 is 5.32 Å². The summed E-state index contributed by atoms with van der Waals surface area (Å²) < 4.78 is 25.8. The number of carbonyl (C=O) groups is 1. The largest absolute Gasteiger partial charge is 0.326 e. The predicted octanol–water partition coefficient (Wildman–Crippen LogP) is 2.51. The first-order valence-corrected chi connectivity index (χ1v) is 9.89. The van der Waals surface area contributed by atoms with Crippen molar-refractivity contribution in [2.45, 2.75) is 12.8 Å². The zero-order valence-corrected chi connectivity index (χ0v) is 13.9. The average molecular weight is 338 g/mol. The number of fused-ring (bicyclic) bond motifs is 1. The molecule has 0 saturated carbocycles. The summed E-state index contributed by atoms with van der Waals surface area (Å²) in [5.74, 6) is -0.399. The maximum Gasteiger partial charge on any atom is 0.228 e. The van der Waals surface area contributed by atoms with E-state index >= 15 is 0 Å². The van der Waals surface area contributed by atoms with Crippen LogP contribution in [0.25, 0.3) is 10.1 Å². The van der Waals surface area contributed by atoms with Gasteiger partial charge in [0.2, 0.25) is 15.9 Å². The van der Waals surface area contributed by atoms with Gasteiger partial charge in [0.25, 0.3) is 0 Å². The lowest BCUT2D eigenvalue weighted by molar-refractivity contribution is -0.120. The fourth-order valence-corrected chi connectivity index (χ4v) is 4.43. The Morgan fingerprint density at radius 1 is 1.36 bits per heavy atom. The number of piperidine rings is 1. The van der Waals surface area contributed by atoms with E-state index in [2.05, 4.69) is 5.32 Å². The molecule has 0 spiro atoms. The lowest BCUT2D eigenvalue weighted by Crippen LogP contribution is -2.43. The van der Waals surface area contributed by atoms with Crippen molar-refractivity contribution in [3.05, 3.63) is 29.6 Å². The third kappa shape index (κ3) is 3.31. The van der Waals surface area contributed by atoms with E-state index in [9.17, 15) is 13.2 Å². The fraction of sp³-hybridized carbons (Fsp3) is 0.400. The van der Waals surface area contributed by atoms with Crippen molar-refractivity contribution in [3.8, 4) is 0 Å². The van der Waals surface area contributed by atoms with Gasteiger partial charge in [-0.15, -0.1) is 11.3 Å². The van der Waals surface area contributed by atoms with Gasteiger partial charge in [0, 0.05) is 23.5 Å². The van der Waals surface area contributed by atoms with E-state index in [1.54, 1.807) is 11.3 Å². The minimum atomic E-state index is -3.23. The summed E-state index contributed by atoms with van der Waals surface area (Å²) in [6, 6.07) is 7.83. The molecule has 1 unspecified atom stereocenters. The van der Waals surface area contributed by atoms with Gasteiger partial charge in [0.1, 0.15) is 0 Å². The summed E-state index contributed by atoms with van der Waals surface area (Å²) in [5.41, 5.74) is 0.757. The van der Waals surface area contributed by atoms with Crippen LogP contribution in [-0.4, -0.2) is 38.0 Å². The molecule has 1 aromatic heterocycles. The summed E-state index contributed by atoms with van der Waals surface area (Å²) in [6.45, 7) is 0.773. The predicted molar refractivity (Wildman–Crippen MR) is 89.6 cm³/mol. The second-order valence-electron chi connectivity index (χ2n) is 5.62. The van der Waals surface area contributed by atoms with Crippen LogP contribution in [0, 0.1) is 5.92 Å². The van der Waals surface area contributed by atoms with E-state index in [1.165, 1.54) is 15.3 Å². The molecule has 1 aliphatic rings. The van der Waals surface area contributed by atoms with Crippen molar-refractivity contribution >= 4 is 43.0 Å². The van der Waals surface area contributed by atoms with E-state index in [0.29, 0.717) is 13.0 Å². The van der Waals surface area contributed by atoms with E-state index in [4.69, 9.17) is 0 Å². The third-order valence-corrected chi connectivity index (χ3v) is 6.11. The van der Waals surface area contributed by atoms with Crippen LogP contribution in [-0.2, 0) is 14.8 Å². The Morgan fingerprint density at radius 3 is 2.95 bits per heavy atom. The van der Waals surface area contributed by atoms with Gasteiger partial charge in [0.15, 0.2) is 0 Å². The summed E-state index contributed by atoms with van der Waals surface area (Å²) in [7, 11) is -3.23. The smallest absolute Gasteiger partial charge is 0.228 e. The molecule has 118 valence electrons. The quantitative estimate of drug-likeness (QED) is 0.935. The molecule has 1 amide bonds. The van der Waals surface area contributed by atoms with Crippen molar-refractivity contribution in [1.29, 1.82) is 0 Å². The van der Waals surface area contributed by atoms with E-state index in [1.807, 2.05) is 29.6 Å². The molecule has 0 aliphatic carbocycles. The SMILES string of the molecule is CS(=O)(=O)N1CCCC(C(=O)Nc2ccc3sccc3c2)C1.